The molecule has 0 bridgehead atoms. The number of amides is 1. The lowest BCUT2D eigenvalue weighted by Gasteiger charge is -2.05. The standard InChI is InChI=1S/C17H18FN3O5S.C9H12FN3O3S.C8H7ClO2/c1-2-24-15(22)14(21-26-9-8-18)13-11-27-16(19-13)20-17(23)25-10-12-6-4-3-5-7-12;1-2-15-8(14)7(13-16-4-3-10)6-5-17-9(11)12-6;9-8(10)11-6-7-4-2-1-3-5-7/h3-7,11H,2,8-10H2,1H3,(H,19,20,23);5H,2-4H2,1H3,(H2,11,12);1-5H,6H2/b21-14-;13-7-;. The third-order valence-electron chi connectivity index (χ3n) is 5.71. The van der Waals surface area contributed by atoms with Crippen molar-refractivity contribution in [2.75, 3.05) is 50.8 Å². The molecular weight excluding hydrogens is 790 g/mol. The molecule has 16 nitrogen and oxygen atoms in total. The fraction of sp³-hybridized carbons (Fsp3) is 0.294. The summed E-state index contributed by atoms with van der Waals surface area (Å²) in [6.07, 6.45) is -0.692. The first-order valence-electron chi connectivity index (χ1n) is 16.0. The lowest BCUT2D eigenvalue weighted by atomic mass is 10.2. The Morgan fingerprint density at radius 2 is 1.20 bits per heavy atom. The highest BCUT2D eigenvalue weighted by atomic mass is 35.5. The number of oxime groups is 2. The highest BCUT2D eigenvalue weighted by Crippen LogP contribution is 2.18. The molecule has 1 amide bonds. The summed E-state index contributed by atoms with van der Waals surface area (Å²) in [5, 5.41) is 13.1. The van der Waals surface area contributed by atoms with Crippen LogP contribution < -0.4 is 11.1 Å². The van der Waals surface area contributed by atoms with Gasteiger partial charge < -0.3 is 34.4 Å². The van der Waals surface area contributed by atoms with Crippen molar-refractivity contribution < 1.29 is 56.6 Å². The number of hydrogen-bond donors (Lipinski definition) is 2. The van der Waals surface area contributed by atoms with Gasteiger partial charge >= 0.3 is 23.5 Å². The van der Waals surface area contributed by atoms with E-state index in [1.54, 1.807) is 19.2 Å². The average molecular weight is 827 g/mol. The number of halogens is 3. The van der Waals surface area contributed by atoms with Crippen molar-refractivity contribution in [3.05, 3.63) is 93.9 Å². The van der Waals surface area contributed by atoms with E-state index in [-0.39, 0.29) is 67.6 Å². The Kier molecular flexibility index (Phi) is 22.3. The summed E-state index contributed by atoms with van der Waals surface area (Å²) in [6, 6.07) is 18.6. The number of thiazole rings is 2. The number of nitrogens with two attached hydrogens (primary N) is 1. The van der Waals surface area contributed by atoms with Crippen molar-refractivity contribution in [2.45, 2.75) is 27.1 Å². The molecular formula is C34H37ClF2N6O10S2. The maximum absolute atomic E-state index is 12.2. The van der Waals surface area contributed by atoms with Gasteiger partial charge in [-0.15, -0.1) is 22.7 Å². The fourth-order valence-electron chi connectivity index (χ4n) is 3.46. The Hall–Kier alpha value is -5.73. The number of ether oxygens (including phenoxy) is 4. The zero-order valence-corrected chi connectivity index (χ0v) is 31.9. The molecule has 4 aromatic rings. The van der Waals surface area contributed by atoms with Crippen molar-refractivity contribution in [1.82, 2.24) is 9.97 Å². The second-order valence-electron chi connectivity index (χ2n) is 9.67. The number of anilines is 2. The number of nitrogens with zero attached hydrogens (tertiary/aromatic N) is 4. The third kappa shape index (κ3) is 18.7. The molecule has 0 aliphatic rings. The van der Waals surface area contributed by atoms with E-state index in [0.29, 0.717) is 5.13 Å². The Morgan fingerprint density at radius 1 is 0.727 bits per heavy atom. The average Bonchev–Trinajstić information content (AvgIpc) is 3.83. The van der Waals surface area contributed by atoms with E-state index in [1.165, 1.54) is 5.38 Å². The topological polar surface area (TPSA) is 212 Å². The van der Waals surface area contributed by atoms with E-state index in [0.717, 1.165) is 33.8 Å². The number of alkyl halides is 2. The molecule has 4 rings (SSSR count). The smallest absolute Gasteiger partial charge is 0.413 e. The van der Waals surface area contributed by atoms with E-state index in [2.05, 4.69) is 35.2 Å². The minimum absolute atomic E-state index is 0.109. The van der Waals surface area contributed by atoms with Gasteiger partial charge in [0.2, 0.25) is 11.4 Å². The molecule has 0 radical (unpaired) electrons. The number of carbonyl (C=O) groups is 4. The van der Waals surface area contributed by atoms with E-state index >= 15 is 0 Å². The largest absolute Gasteiger partial charge is 0.461 e. The van der Waals surface area contributed by atoms with Gasteiger partial charge in [0, 0.05) is 22.4 Å². The molecule has 296 valence electrons. The van der Waals surface area contributed by atoms with Crippen LogP contribution in [0.5, 0.6) is 0 Å². The molecule has 0 aliphatic carbocycles. The number of benzene rings is 2. The lowest BCUT2D eigenvalue weighted by Crippen LogP contribution is -2.20. The fourth-order valence-corrected chi connectivity index (χ4v) is 4.75. The number of nitrogen functional groups attached to an aromatic ring is 1. The van der Waals surface area contributed by atoms with Gasteiger partial charge in [0.1, 0.15) is 51.2 Å². The molecule has 0 atom stereocenters. The van der Waals surface area contributed by atoms with Crippen LogP contribution in [-0.4, -0.2) is 84.6 Å². The summed E-state index contributed by atoms with van der Waals surface area (Å²) in [5.41, 5.74) is 6.51. The number of carbonyl (C=O) groups excluding carboxylic acids is 4. The molecule has 2 heterocycles. The Morgan fingerprint density at radius 3 is 1.64 bits per heavy atom. The van der Waals surface area contributed by atoms with Crippen LogP contribution in [-0.2, 0) is 51.4 Å². The molecule has 21 heteroatoms. The Balaban J connectivity index is 0.000000317. The van der Waals surface area contributed by atoms with Crippen LogP contribution >= 0.6 is 34.3 Å². The molecule has 0 unspecified atom stereocenters. The molecule has 0 spiro atoms. The molecule has 0 fully saturated rings. The lowest BCUT2D eigenvalue weighted by molar-refractivity contribution is -0.136. The van der Waals surface area contributed by atoms with Gasteiger partial charge in [-0.25, -0.2) is 37.9 Å². The first-order chi connectivity index (χ1) is 26.6. The summed E-state index contributed by atoms with van der Waals surface area (Å²) in [5.74, 6) is -1.45. The van der Waals surface area contributed by atoms with Crippen LogP contribution in [0.4, 0.5) is 28.6 Å². The zero-order valence-electron chi connectivity index (χ0n) is 29.5. The van der Waals surface area contributed by atoms with Crippen molar-refractivity contribution in [2.24, 2.45) is 10.3 Å². The number of hydrogen-bond acceptors (Lipinski definition) is 17. The minimum Gasteiger partial charge on any atom is -0.461 e. The van der Waals surface area contributed by atoms with Gasteiger partial charge in [-0.3, -0.25) is 5.32 Å². The van der Waals surface area contributed by atoms with Crippen LogP contribution in [0.1, 0.15) is 36.4 Å². The number of aromatic nitrogens is 2. The van der Waals surface area contributed by atoms with Crippen LogP contribution in [0.2, 0.25) is 0 Å². The van der Waals surface area contributed by atoms with Crippen LogP contribution in [0, 0.1) is 0 Å². The van der Waals surface area contributed by atoms with Gasteiger partial charge in [0.15, 0.2) is 10.3 Å². The van der Waals surface area contributed by atoms with E-state index < -0.39 is 36.8 Å². The summed E-state index contributed by atoms with van der Waals surface area (Å²) in [7, 11) is 0. The number of esters is 2. The van der Waals surface area contributed by atoms with Crippen molar-refractivity contribution in [3.8, 4) is 0 Å². The molecule has 0 aliphatic heterocycles. The van der Waals surface area contributed by atoms with Gasteiger partial charge in [-0.05, 0) is 25.0 Å². The predicted octanol–water partition coefficient (Wildman–Crippen LogP) is 6.69. The van der Waals surface area contributed by atoms with E-state index in [4.69, 9.17) is 36.4 Å². The Labute approximate surface area is 327 Å². The SMILES string of the molecule is CCOC(=O)/C(=N\OCCF)c1csc(N)n1.CCOC(=O)/C(=N\OCCF)c1csc(NC(=O)OCc2ccccc2)n1.O=C(Cl)OCc1ccccc1. The molecule has 55 heavy (non-hydrogen) atoms. The van der Waals surface area contributed by atoms with Crippen LogP contribution in [0.15, 0.2) is 81.7 Å². The monoisotopic (exact) mass is 826 g/mol. The quantitative estimate of drug-likeness (QED) is 0.0284. The second kappa shape index (κ2) is 26.9. The molecule has 0 saturated carbocycles. The molecule has 2 aromatic carbocycles. The third-order valence-corrected chi connectivity index (χ3v) is 7.26. The van der Waals surface area contributed by atoms with Gasteiger partial charge in [0.25, 0.3) is 0 Å². The number of nitrogens with one attached hydrogen (secondary N) is 1. The molecule has 2 aromatic heterocycles. The molecule has 3 N–H and O–H groups in total. The summed E-state index contributed by atoms with van der Waals surface area (Å²) in [4.78, 5) is 62.8. The first kappa shape index (κ1) is 45.4. The highest BCUT2D eigenvalue weighted by molar-refractivity contribution is 7.14. The summed E-state index contributed by atoms with van der Waals surface area (Å²) in [6.45, 7) is 1.98. The summed E-state index contributed by atoms with van der Waals surface area (Å²) >= 11 is 7.18. The first-order valence-corrected chi connectivity index (χ1v) is 18.1. The van der Waals surface area contributed by atoms with Crippen LogP contribution in [0.3, 0.4) is 0 Å². The number of rotatable bonds is 17. The highest BCUT2D eigenvalue weighted by Gasteiger charge is 2.21. The van der Waals surface area contributed by atoms with E-state index in [1.807, 2.05) is 60.7 Å². The van der Waals surface area contributed by atoms with Crippen molar-refractivity contribution >= 4 is 79.4 Å². The van der Waals surface area contributed by atoms with Gasteiger partial charge in [-0.2, -0.15) is 0 Å². The van der Waals surface area contributed by atoms with Crippen molar-refractivity contribution in [1.29, 1.82) is 0 Å². The Bertz CT molecular complexity index is 1820. The minimum atomic E-state index is -0.770. The maximum atomic E-state index is 12.2. The predicted molar refractivity (Wildman–Crippen MR) is 202 cm³/mol. The van der Waals surface area contributed by atoms with Crippen molar-refractivity contribution in [3.63, 3.8) is 0 Å². The van der Waals surface area contributed by atoms with E-state index in [9.17, 15) is 28.0 Å². The second-order valence-corrected chi connectivity index (χ2v) is 11.7. The normalized spacial score (nSPS) is 10.7. The summed E-state index contributed by atoms with van der Waals surface area (Å²) < 4.78 is 43.3. The maximum Gasteiger partial charge on any atom is 0.413 e. The van der Waals surface area contributed by atoms with Crippen LogP contribution in [0.25, 0.3) is 0 Å². The van der Waals surface area contributed by atoms with Gasteiger partial charge in [0.05, 0.1) is 13.2 Å². The zero-order chi connectivity index (χ0) is 40.3. The molecule has 0 saturated heterocycles. The van der Waals surface area contributed by atoms with Gasteiger partial charge in [-0.1, -0.05) is 71.0 Å².